The minimum atomic E-state index is -0.282. The van der Waals surface area contributed by atoms with E-state index in [1.165, 1.54) is 32.3 Å². The molecule has 2 rings (SSSR count). The van der Waals surface area contributed by atoms with Crippen molar-refractivity contribution in [1.29, 1.82) is 0 Å². The first-order chi connectivity index (χ1) is 14.9. The van der Waals surface area contributed by atoms with Crippen LogP contribution in [0.1, 0.15) is 21.5 Å². The summed E-state index contributed by atoms with van der Waals surface area (Å²) in [5.41, 5.74) is 2.08. The number of methoxy groups -OCH3 is 3. The zero-order chi connectivity index (χ0) is 22.8. The highest BCUT2D eigenvalue weighted by Gasteiger charge is 2.12. The lowest BCUT2D eigenvalue weighted by Gasteiger charge is -2.12. The topological polar surface area (TPSA) is 77.1 Å². The summed E-state index contributed by atoms with van der Waals surface area (Å²) < 4.78 is 15.9. The van der Waals surface area contributed by atoms with Crippen molar-refractivity contribution in [3.05, 3.63) is 59.2 Å². The zero-order valence-electron chi connectivity index (χ0n) is 18.3. The molecule has 7 nitrogen and oxygen atoms in total. The Morgan fingerprint density at radius 2 is 1.61 bits per heavy atom. The highest BCUT2D eigenvalue weighted by molar-refractivity contribution is 5.94. The average Bonchev–Trinajstić information content (AvgIpc) is 2.79. The Kier molecular flexibility index (Phi) is 8.52. The standard InChI is InChI=1S/C24H26N2O5/c1-26(2)24(28)19-11-8-17(9-12-19)7-6-14-25-22(27)13-10-18-15-20(29-3)23(31-5)21(16-18)30-4/h8-13,15-16H,14H2,1-5H3,(H,25,27)/b13-10+. The fourth-order valence-corrected chi connectivity index (χ4v) is 2.66. The number of amides is 2. The van der Waals surface area contributed by atoms with Gasteiger partial charge in [0.1, 0.15) is 0 Å². The highest BCUT2D eigenvalue weighted by Crippen LogP contribution is 2.38. The maximum absolute atomic E-state index is 12.0. The predicted molar refractivity (Wildman–Crippen MR) is 119 cm³/mol. The first kappa shape index (κ1) is 23.4. The third-order valence-electron chi connectivity index (χ3n) is 4.24. The number of carbonyl (C=O) groups excluding carboxylic acids is 2. The van der Waals surface area contributed by atoms with E-state index in [2.05, 4.69) is 17.2 Å². The van der Waals surface area contributed by atoms with Crippen molar-refractivity contribution in [1.82, 2.24) is 10.2 Å². The van der Waals surface area contributed by atoms with Gasteiger partial charge in [-0.05, 0) is 48.0 Å². The molecule has 0 radical (unpaired) electrons. The summed E-state index contributed by atoms with van der Waals surface area (Å²) in [4.78, 5) is 25.4. The molecule has 0 aromatic heterocycles. The summed E-state index contributed by atoms with van der Waals surface area (Å²) in [5, 5.41) is 2.70. The van der Waals surface area contributed by atoms with Crippen LogP contribution in [0.15, 0.2) is 42.5 Å². The van der Waals surface area contributed by atoms with Gasteiger partial charge in [0.2, 0.25) is 11.7 Å². The molecule has 0 aliphatic heterocycles. The minimum Gasteiger partial charge on any atom is -0.493 e. The van der Waals surface area contributed by atoms with E-state index in [4.69, 9.17) is 14.2 Å². The van der Waals surface area contributed by atoms with Crippen molar-refractivity contribution >= 4 is 17.9 Å². The van der Waals surface area contributed by atoms with E-state index in [0.717, 1.165) is 11.1 Å². The Labute approximate surface area is 182 Å². The van der Waals surface area contributed by atoms with Crippen LogP contribution in [0.2, 0.25) is 0 Å². The van der Waals surface area contributed by atoms with Crippen molar-refractivity contribution in [2.75, 3.05) is 42.0 Å². The van der Waals surface area contributed by atoms with E-state index in [9.17, 15) is 9.59 Å². The molecule has 2 amide bonds. The molecule has 0 unspecified atom stereocenters. The quantitative estimate of drug-likeness (QED) is 0.548. The van der Waals surface area contributed by atoms with Gasteiger partial charge in [-0.3, -0.25) is 9.59 Å². The van der Waals surface area contributed by atoms with E-state index < -0.39 is 0 Å². The lowest BCUT2D eigenvalue weighted by atomic mass is 10.1. The third-order valence-corrected chi connectivity index (χ3v) is 4.24. The smallest absolute Gasteiger partial charge is 0.253 e. The second-order valence-electron chi connectivity index (χ2n) is 6.59. The van der Waals surface area contributed by atoms with Crippen LogP contribution in [0.3, 0.4) is 0 Å². The van der Waals surface area contributed by atoms with E-state index in [0.29, 0.717) is 22.8 Å². The second kappa shape index (κ2) is 11.3. The first-order valence-corrected chi connectivity index (χ1v) is 9.46. The summed E-state index contributed by atoms with van der Waals surface area (Å²) >= 11 is 0. The normalized spacial score (nSPS) is 10.1. The molecule has 0 aliphatic rings. The lowest BCUT2D eigenvalue weighted by Crippen LogP contribution is -2.21. The van der Waals surface area contributed by atoms with Crippen LogP contribution in [-0.4, -0.2) is 58.7 Å². The number of hydrogen-bond donors (Lipinski definition) is 1. The second-order valence-corrected chi connectivity index (χ2v) is 6.59. The first-order valence-electron chi connectivity index (χ1n) is 9.46. The molecule has 162 valence electrons. The molecule has 31 heavy (non-hydrogen) atoms. The summed E-state index contributed by atoms with van der Waals surface area (Å²) in [5.74, 6) is 6.99. The number of nitrogens with one attached hydrogen (secondary N) is 1. The summed E-state index contributed by atoms with van der Waals surface area (Å²) in [6, 6.07) is 10.5. The van der Waals surface area contributed by atoms with Crippen molar-refractivity contribution in [3.63, 3.8) is 0 Å². The number of benzene rings is 2. The van der Waals surface area contributed by atoms with Crippen molar-refractivity contribution in [2.45, 2.75) is 0 Å². The predicted octanol–water partition coefficient (Wildman–Crippen LogP) is 2.60. The van der Waals surface area contributed by atoms with E-state index >= 15 is 0 Å². The number of nitrogens with zero attached hydrogens (tertiary/aromatic N) is 1. The van der Waals surface area contributed by atoms with Crippen LogP contribution >= 0.6 is 0 Å². The maximum Gasteiger partial charge on any atom is 0.253 e. The van der Waals surface area contributed by atoms with Gasteiger partial charge in [0.05, 0.1) is 27.9 Å². The van der Waals surface area contributed by atoms with Crippen molar-refractivity contribution < 1.29 is 23.8 Å². The van der Waals surface area contributed by atoms with Gasteiger partial charge < -0.3 is 24.4 Å². The highest BCUT2D eigenvalue weighted by atomic mass is 16.5. The minimum absolute atomic E-state index is 0.0642. The van der Waals surface area contributed by atoms with E-state index in [-0.39, 0.29) is 18.4 Å². The maximum atomic E-state index is 12.0. The zero-order valence-corrected chi connectivity index (χ0v) is 18.3. The fraction of sp³-hybridized carbons (Fsp3) is 0.250. The number of ether oxygens (including phenoxy) is 3. The molecule has 2 aromatic carbocycles. The van der Waals surface area contributed by atoms with Gasteiger partial charge in [-0.25, -0.2) is 0 Å². The summed E-state index contributed by atoms with van der Waals surface area (Å²) in [6.45, 7) is 0.191. The molecule has 0 atom stereocenters. The monoisotopic (exact) mass is 422 g/mol. The third kappa shape index (κ3) is 6.54. The van der Waals surface area contributed by atoms with Gasteiger partial charge in [0.15, 0.2) is 11.5 Å². The van der Waals surface area contributed by atoms with Crippen LogP contribution in [0.5, 0.6) is 17.2 Å². The molecule has 1 N–H and O–H groups in total. The van der Waals surface area contributed by atoms with Crippen LogP contribution in [-0.2, 0) is 4.79 Å². The van der Waals surface area contributed by atoms with Gasteiger partial charge in [-0.15, -0.1) is 0 Å². The van der Waals surface area contributed by atoms with Crippen LogP contribution in [0, 0.1) is 11.8 Å². The molecule has 0 heterocycles. The van der Waals surface area contributed by atoms with Gasteiger partial charge in [0.25, 0.3) is 5.91 Å². The Bertz CT molecular complexity index is 989. The molecule has 0 bridgehead atoms. The van der Waals surface area contributed by atoms with Crippen LogP contribution in [0.4, 0.5) is 0 Å². The van der Waals surface area contributed by atoms with E-state index in [1.54, 1.807) is 56.6 Å². The lowest BCUT2D eigenvalue weighted by molar-refractivity contribution is -0.116. The average molecular weight is 422 g/mol. The molecule has 0 spiro atoms. The fourth-order valence-electron chi connectivity index (χ4n) is 2.66. The van der Waals surface area contributed by atoms with Crippen molar-refractivity contribution in [3.8, 4) is 29.1 Å². The van der Waals surface area contributed by atoms with Crippen LogP contribution in [0.25, 0.3) is 6.08 Å². The Morgan fingerprint density at radius 3 is 2.13 bits per heavy atom. The molecule has 7 heteroatoms. The SMILES string of the molecule is COc1cc(/C=C/C(=O)NCC#Cc2ccc(C(=O)N(C)C)cc2)cc(OC)c1OC. The van der Waals surface area contributed by atoms with Gasteiger partial charge in [-0.2, -0.15) is 0 Å². The molecule has 0 aliphatic carbocycles. The van der Waals surface area contributed by atoms with Crippen molar-refractivity contribution in [2.24, 2.45) is 0 Å². The Hall–Kier alpha value is -3.92. The van der Waals surface area contributed by atoms with E-state index in [1.807, 2.05) is 0 Å². The molecule has 0 saturated carbocycles. The Morgan fingerprint density at radius 1 is 1.00 bits per heavy atom. The van der Waals surface area contributed by atoms with Gasteiger partial charge >= 0.3 is 0 Å². The van der Waals surface area contributed by atoms with Crippen LogP contribution < -0.4 is 19.5 Å². The molecule has 2 aromatic rings. The molecular weight excluding hydrogens is 396 g/mol. The molecule has 0 saturated heterocycles. The molecule has 0 fully saturated rings. The van der Waals surface area contributed by atoms with Gasteiger partial charge in [0, 0.05) is 31.3 Å². The Balaban J connectivity index is 1.95. The van der Waals surface area contributed by atoms with Gasteiger partial charge in [-0.1, -0.05) is 11.8 Å². The number of carbonyl (C=O) groups is 2. The largest absolute Gasteiger partial charge is 0.493 e. The summed E-state index contributed by atoms with van der Waals surface area (Å²) in [7, 11) is 8.00. The number of rotatable bonds is 7. The number of hydrogen-bond acceptors (Lipinski definition) is 5. The summed E-state index contributed by atoms with van der Waals surface area (Å²) in [6.07, 6.45) is 3.05. The molecular formula is C24H26N2O5.